The average Bonchev–Trinajstić information content (AvgIpc) is 2.69. The summed E-state index contributed by atoms with van der Waals surface area (Å²) in [6.45, 7) is 6.24. The van der Waals surface area contributed by atoms with Crippen LogP contribution in [0, 0.1) is 0 Å². The normalized spacial score (nSPS) is 15.5. The van der Waals surface area contributed by atoms with Crippen LogP contribution in [-0.2, 0) is 11.3 Å². The van der Waals surface area contributed by atoms with E-state index in [2.05, 4.69) is 39.6 Å². The summed E-state index contributed by atoms with van der Waals surface area (Å²) < 4.78 is 0. The molecule has 0 aliphatic carbocycles. The molecule has 1 amide bonds. The number of benzene rings is 1. The number of guanidine groups is 1. The van der Waals surface area contributed by atoms with Gasteiger partial charge >= 0.3 is 0 Å². The van der Waals surface area contributed by atoms with Crippen LogP contribution in [0.15, 0.2) is 29.3 Å². The minimum Gasteiger partial charge on any atom is -0.356 e. The zero-order valence-electron chi connectivity index (χ0n) is 17.8. The Labute approximate surface area is 197 Å². The third-order valence-electron chi connectivity index (χ3n) is 4.94. The Kier molecular flexibility index (Phi) is 12.6. The number of unbranched alkanes of at least 4 members (excludes halogenated alkanes) is 1. The Morgan fingerprint density at radius 1 is 1.24 bits per heavy atom. The number of hydrogen-bond acceptors (Lipinski definition) is 3. The number of nitrogens with zero attached hydrogens (tertiary/aromatic N) is 3. The van der Waals surface area contributed by atoms with E-state index in [1.165, 1.54) is 5.56 Å². The molecule has 2 N–H and O–H groups in total. The summed E-state index contributed by atoms with van der Waals surface area (Å²) in [5.41, 5.74) is 1.29. The lowest BCUT2D eigenvalue weighted by Crippen LogP contribution is -2.49. The van der Waals surface area contributed by atoms with Crippen molar-refractivity contribution in [1.29, 1.82) is 0 Å². The molecule has 0 bridgehead atoms. The number of likely N-dealkylation sites (tertiary alicyclic amines) is 1. The summed E-state index contributed by atoms with van der Waals surface area (Å²) in [4.78, 5) is 20.4. The molecule has 0 atom stereocenters. The fourth-order valence-corrected chi connectivity index (χ4v) is 3.23. The van der Waals surface area contributed by atoms with Gasteiger partial charge in [0.15, 0.2) is 5.96 Å². The zero-order chi connectivity index (χ0) is 20.4. The van der Waals surface area contributed by atoms with Crippen molar-refractivity contribution in [1.82, 2.24) is 20.4 Å². The van der Waals surface area contributed by atoms with Crippen LogP contribution in [0.4, 0.5) is 0 Å². The van der Waals surface area contributed by atoms with E-state index >= 15 is 0 Å². The maximum atomic E-state index is 11.9. The largest absolute Gasteiger partial charge is 0.356 e. The van der Waals surface area contributed by atoms with Gasteiger partial charge < -0.3 is 15.5 Å². The summed E-state index contributed by atoms with van der Waals surface area (Å²) in [6.07, 6.45) is 4.33. The van der Waals surface area contributed by atoms with Crippen molar-refractivity contribution in [3.63, 3.8) is 0 Å². The SMILES string of the molecule is CCCCNC(=NCC(=O)N(C)C)NC1CCN(Cc2ccc(Cl)cc2)CC1.I. The molecule has 1 aromatic rings. The molecule has 6 nitrogen and oxygen atoms in total. The highest BCUT2D eigenvalue weighted by Crippen LogP contribution is 2.16. The maximum Gasteiger partial charge on any atom is 0.243 e. The van der Waals surface area contributed by atoms with Gasteiger partial charge in [-0.15, -0.1) is 24.0 Å². The minimum absolute atomic E-state index is 0. The van der Waals surface area contributed by atoms with Crippen LogP contribution in [0.3, 0.4) is 0 Å². The first-order valence-corrected chi connectivity index (χ1v) is 10.6. The van der Waals surface area contributed by atoms with Crippen molar-refractivity contribution >= 4 is 47.4 Å². The molecular formula is C21H35ClIN5O. The van der Waals surface area contributed by atoms with E-state index in [1.54, 1.807) is 19.0 Å². The summed E-state index contributed by atoms with van der Waals surface area (Å²) >= 11 is 5.97. The second kappa shape index (κ2) is 14.0. The number of aliphatic imine (C=N–C) groups is 1. The van der Waals surface area contributed by atoms with Crippen molar-refractivity contribution < 1.29 is 4.79 Å². The molecule has 0 aromatic heterocycles. The summed E-state index contributed by atoms with van der Waals surface area (Å²) in [5, 5.41) is 7.67. The molecule has 2 rings (SSSR count). The monoisotopic (exact) mass is 535 g/mol. The predicted molar refractivity (Wildman–Crippen MR) is 132 cm³/mol. The van der Waals surface area contributed by atoms with Crippen molar-refractivity contribution in [2.75, 3.05) is 40.3 Å². The molecule has 0 saturated carbocycles. The van der Waals surface area contributed by atoms with Gasteiger partial charge in [0.1, 0.15) is 6.54 Å². The first kappa shape index (κ1) is 26.0. The van der Waals surface area contributed by atoms with Crippen LogP contribution in [0.1, 0.15) is 38.2 Å². The fourth-order valence-electron chi connectivity index (χ4n) is 3.10. The number of carbonyl (C=O) groups excluding carboxylic acids is 1. The number of amides is 1. The first-order valence-electron chi connectivity index (χ1n) is 10.2. The van der Waals surface area contributed by atoms with Gasteiger partial charge in [0.2, 0.25) is 5.91 Å². The Balaban J connectivity index is 0.00000420. The minimum atomic E-state index is 0. The van der Waals surface area contributed by atoms with Gasteiger partial charge in [0, 0.05) is 51.3 Å². The van der Waals surface area contributed by atoms with Gasteiger partial charge in [0.05, 0.1) is 0 Å². The van der Waals surface area contributed by atoms with Crippen LogP contribution in [0.2, 0.25) is 5.02 Å². The molecule has 29 heavy (non-hydrogen) atoms. The third kappa shape index (κ3) is 10.00. The van der Waals surface area contributed by atoms with E-state index in [9.17, 15) is 4.79 Å². The predicted octanol–water partition coefficient (Wildman–Crippen LogP) is 3.35. The van der Waals surface area contributed by atoms with Crippen LogP contribution < -0.4 is 10.6 Å². The van der Waals surface area contributed by atoms with Gasteiger partial charge in [-0.2, -0.15) is 0 Å². The average molecular weight is 536 g/mol. The molecule has 164 valence electrons. The first-order chi connectivity index (χ1) is 13.5. The highest BCUT2D eigenvalue weighted by Gasteiger charge is 2.20. The lowest BCUT2D eigenvalue weighted by Gasteiger charge is -2.33. The number of rotatable bonds is 8. The number of hydrogen-bond donors (Lipinski definition) is 2. The lowest BCUT2D eigenvalue weighted by atomic mass is 10.0. The standard InChI is InChI=1S/C21H34ClN5O.HI/c1-4-5-12-23-21(24-15-20(28)26(2)3)25-19-10-13-27(14-11-19)16-17-6-8-18(22)9-7-17;/h6-9,19H,4-5,10-16H2,1-3H3,(H2,23,24,25);1H. The van der Waals surface area contributed by atoms with E-state index in [0.29, 0.717) is 6.04 Å². The number of carbonyl (C=O) groups is 1. The molecule has 1 aliphatic heterocycles. The molecule has 1 aromatic carbocycles. The molecule has 8 heteroatoms. The van der Waals surface area contributed by atoms with Crippen LogP contribution in [0.25, 0.3) is 0 Å². The Morgan fingerprint density at radius 2 is 1.90 bits per heavy atom. The smallest absolute Gasteiger partial charge is 0.243 e. The molecule has 0 unspecified atom stereocenters. The highest BCUT2D eigenvalue weighted by atomic mass is 127. The molecule has 0 spiro atoms. The van der Waals surface area contributed by atoms with Gasteiger partial charge in [-0.25, -0.2) is 4.99 Å². The van der Waals surface area contributed by atoms with Gasteiger partial charge in [-0.3, -0.25) is 9.69 Å². The van der Waals surface area contributed by atoms with E-state index < -0.39 is 0 Å². The molecule has 1 fully saturated rings. The molecule has 1 heterocycles. The van der Waals surface area contributed by atoms with Gasteiger partial charge in [-0.05, 0) is 37.0 Å². The Bertz CT molecular complexity index is 630. The van der Waals surface area contributed by atoms with Crippen molar-refractivity contribution in [3.8, 4) is 0 Å². The van der Waals surface area contributed by atoms with Gasteiger partial charge in [0.25, 0.3) is 0 Å². The zero-order valence-corrected chi connectivity index (χ0v) is 20.9. The Morgan fingerprint density at radius 3 is 2.48 bits per heavy atom. The topological polar surface area (TPSA) is 60.0 Å². The Hall–Kier alpha value is -1.06. The van der Waals surface area contributed by atoms with Crippen molar-refractivity contribution in [2.45, 2.75) is 45.2 Å². The molecule has 1 aliphatic rings. The van der Waals surface area contributed by atoms with Crippen LogP contribution in [0.5, 0.6) is 0 Å². The third-order valence-corrected chi connectivity index (χ3v) is 5.19. The number of halogens is 2. The van der Waals surface area contributed by atoms with E-state index in [1.807, 2.05) is 12.1 Å². The fraction of sp³-hybridized carbons (Fsp3) is 0.619. The molecule has 1 saturated heterocycles. The summed E-state index contributed by atoms with van der Waals surface area (Å²) in [5.74, 6) is 0.758. The number of likely N-dealkylation sites (N-methyl/N-ethyl adjacent to an activating group) is 1. The molecule has 0 radical (unpaired) electrons. The second-order valence-electron chi connectivity index (χ2n) is 7.55. The van der Waals surface area contributed by atoms with Crippen LogP contribution in [-0.4, -0.2) is 68.0 Å². The number of piperidine rings is 1. The van der Waals surface area contributed by atoms with Crippen molar-refractivity contribution in [2.24, 2.45) is 4.99 Å². The highest BCUT2D eigenvalue weighted by molar-refractivity contribution is 14.0. The van der Waals surface area contributed by atoms with E-state index in [0.717, 1.165) is 62.8 Å². The van der Waals surface area contributed by atoms with Crippen LogP contribution >= 0.6 is 35.6 Å². The maximum absolute atomic E-state index is 11.9. The second-order valence-corrected chi connectivity index (χ2v) is 7.99. The van der Waals surface area contributed by atoms with Gasteiger partial charge in [-0.1, -0.05) is 37.1 Å². The molecular weight excluding hydrogens is 501 g/mol. The summed E-state index contributed by atoms with van der Waals surface area (Å²) in [6, 6.07) is 8.47. The van der Waals surface area contributed by atoms with Crippen molar-refractivity contribution in [3.05, 3.63) is 34.9 Å². The quantitative estimate of drug-likeness (QED) is 0.232. The summed E-state index contributed by atoms with van der Waals surface area (Å²) in [7, 11) is 3.51. The van der Waals surface area contributed by atoms with E-state index in [-0.39, 0.29) is 36.4 Å². The van der Waals surface area contributed by atoms with E-state index in [4.69, 9.17) is 11.6 Å². The lowest BCUT2D eigenvalue weighted by molar-refractivity contribution is -0.127. The number of nitrogens with one attached hydrogen (secondary N) is 2.